The van der Waals surface area contributed by atoms with Crippen molar-refractivity contribution in [2.75, 3.05) is 5.32 Å². The molecular formula is C9H15N3O2S. The fourth-order valence-corrected chi connectivity index (χ4v) is 1.51. The van der Waals surface area contributed by atoms with Gasteiger partial charge in [0.2, 0.25) is 5.13 Å². The van der Waals surface area contributed by atoms with Crippen LogP contribution in [0.4, 0.5) is 5.13 Å². The Morgan fingerprint density at radius 3 is 2.47 bits per heavy atom. The summed E-state index contributed by atoms with van der Waals surface area (Å²) in [6.07, 6.45) is 1.44. The number of nitrogens with one attached hydrogen (secondary N) is 1. The van der Waals surface area contributed by atoms with Crippen LogP contribution in [-0.2, 0) is 4.79 Å². The van der Waals surface area contributed by atoms with Crippen LogP contribution in [0.25, 0.3) is 0 Å². The lowest BCUT2D eigenvalue weighted by Crippen LogP contribution is -2.50. The number of carboxylic acid groups (broad SMARTS) is 1. The maximum absolute atomic E-state index is 11.1. The van der Waals surface area contributed by atoms with Gasteiger partial charge >= 0.3 is 5.97 Å². The molecule has 0 aliphatic heterocycles. The van der Waals surface area contributed by atoms with Crippen LogP contribution in [0, 0.1) is 5.41 Å². The van der Waals surface area contributed by atoms with Gasteiger partial charge in [0.15, 0.2) is 0 Å². The van der Waals surface area contributed by atoms with Crippen molar-refractivity contribution in [2.24, 2.45) is 5.41 Å². The van der Waals surface area contributed by atoms with E-state index in [0.29, 0.717) is 5.13 Å². The predicted molar refractivity (Wildman–Crippen MR) is 59.0 cm³/mol. The van der Waals surface area contributed by atoms with E-state index in [9.17, 15) is 4.79 Å². The maximum atomic E-state index is 11.1. The fraction of sp³-hybridized carbons (Fsp3) is 0.667. The van der Waals surface area contributed by atoms with E-state index in [2.05, 4.69) is 14.7 Å². The summed E-state index contributed by atoms with van der Waals surface area (Å²) in [5, 5.41) is 12.9. The largest absolute Gasteiger partial charge is 0.481 e. The second kappa shape index (κ2) is 3.77. The first-order chi connectivity index (χ1) is 6.77. The third kappa shape index (κ3) is 2.26. The first-order valence-electron chi connectivity index (χ1n) is 4.55. The lowest BCUT2D eigenvalue weighted by molar-refractivity contribution is -0.149. The van der Waals surface area contributed by atoms with E-state index in [1.54, 1.807) is 13.8 Å². The molecule has 0 bridgehead atoms. The number of hydrogen-bond donors (Lipinski definition) is 2. The third-order valence-corrected chi connectivity index (χ3v) is 3.46. The summed E-state index contributed by atoms with van der Waals surface area (Å²) in [6.45, 7) is 7.04. The molecular weight excluding hydrogens is 214 g/mol. The zero-order valence-electron chi connectivity index (χ0n) is 9.24. The summed E-state index contributed by atoms with van der Waals surface area (Å²) < 4.78 is 3.85. The molecule has 5 nitrogen and oxygen atoms in total. The minimum atomic E-state index is -0.890. The Hall–Kier alpha value is -1.17. The molecule has 2 N–H and O–H groups in total. The van der Waals surface area contributed by atoms with Gasteiger partial charge < -0.3 is 10.4 Å². The second-order valence-electron chi connectivity index (χ2n) is 4.43. The summed E-state index contributed by atoms with van der Waals surface area (Å²) >= 11 is 1.21. The molecule has 0 aliphatic carbocycles. The summed E-state index contributed by atoms with van der Waals surface area (Å²) in [7, 11) is 0. The zero-order chi connectivity index (χ0) is 11.7. The summed E-state index contributed by atoms with van der Waals surface area (Å²) in [6, 6.07) is 0. The average molecular weight is 229 g/mol. The topological polar surface area (TPSA) is 75.1 Å². The molecule has 1 rings (SSSR count). The molecule has 0 saturated carbocycles. The average Bonchev–Trinajstić information content (AvgIpc) is 2.55. The highest BCUT2D eigenvalue weighted by Crippen LogP contribution is 2.33. The Morgan fingerprint density at radius 2 is 2.07 bits per heavy atom. The molecule has 0 fully saturated rings. The van der Waals surface area contributed by atoms with Crippen LogP contribution in [0.15, 0.2) is 6.33 Å². The number of carbonyl (C=O) groups is 1. The first kappa shape index (κ1) is 11.9. The summed E-state index contributed by atoms with van der Waals surface area (Å²) in [4.78, 5) is 15.1. The molecule has 6 heteroatoms. The lowest BCUT2D eigenvalue weighted by Gasteiger charge is -2.38. The van der Waals surface area contributed by atoms with Gasteiger partial charge in [0.25, 0.3) is 0 Å². The SMILES string of the molecule is CC(C)(Nc1ncns1)C(C)(C)C(=O)O. The Balaban J connectivity index is 2.88. The van der Waals surface area contributed by atoms with Crippen molar-refractivity contribution < 1.29 is 9.90 Å². The number of rotatable bonds is 4. The van der Waals surface area contributed by atoms with Crippen molar-refractivity contribution in [3.63, 3.8) is 0 Å². The molecule has 0 unspecified atom stereocenters. The van der Waals surface area contributed by atoms with Gasteiger partial charge in [-0.3, -0.25) is 4.79 Å². The van der Waals surface area contributed by atoms with E-state index >= 15 is 0 Å². The minimum absolute atomic E-state index is 0.599. The van der Waals surface area contributed by atoms with E-state index in [-0.39, 0.29) is 0 Å². The Morgan fingerprint density at radius 1 is 1.47 bits per heavy atom. The molecule has 84 valence electrons. The normalized spacial score (nSPS) is 12.5. The van der Waals surface area contributed by atoms with Crippen molar-refractivity contribution >= 4 is 22.6 Å². The van der Waals surface area contributed by atoms with Gasteiger partial charge in [0.1, 0.15) is 6.33 Å². The number of anilines is 1. The van der Waals surface area contributed by atoms with Crippen LogP contribution in [-0.4, -0.2) is 26.0 Å². The molecule has 0 amide bonds. The Bertz CT molecular complexity index is 346. The van der Waals surface area contributed by atoms with Gasteiger partial charge in [-0.2, -0.15) is 4.37 Å². The minimum Gasteiger partial charge on any atom is -0.481 e. The smallest absolute Gasteiger partial charge is 0.311 e. The maximum Gasteiger partial charge on any atom is 0.311 e. The molecule has 0 atom stereocenters. The highest BCUT2D eigenvalue weighted by Gasteiger charge is 2.43. The van der Waals surface area contributed by atoms with Crippen LogP contribution in [0.5, 0.6) is 0 Å². The quantitative estimate of drug-likeness (QED) is 0.824. The van der Waals surface area contributed by atoms with Crippen LogP contribution in [0.3, 0.4) is 0 Å². The number of hydrogen-bond acceptors (Lipinski definition) is 5. The lowest BCUT2D eigenvalue weighted by atomic mass is 9.74. The van der Waals surface area contributed by atoms with E-state index in [1.165, 1.54) is 17.9 Å². The molecule has 0 spiro atoms. The standard InChI is InChI=1S/C9H15N3O2S/c1-8(2,6(13)14)9(3,4)12-7-10-5-11-15-7/h5H,1-4H3,(H,13,14)(H,10,11,12). The van der Waals surface area contributed by atoms with Crippen molar-refractivity contribution in [2.45, 2.75) is 33.2 Å². The van der Waals surface area contributed by atoms with Crippen LogP contribution < -0.4 is 5.32 Å². The van der Waals surface area contributed by atoms with Gasteiger partial charge in [0.05, 0.1) is 5.41 Å². The van der Waals surface area contributed by atoms with Gasteiger partial charge in [-0.25, -0.2) is 4.98 Å². The predicted octanol–water partition coefficient (Wildman–Crippen LogP) is 1.84. The molecule has 1 aromatic heterocycles. The van der Waals surface area contributed by atoms with Gasteiger partial charge in [-0.15, -0.1) is 0 Å². The molecule has 0 aromatic carbocycles. The van der Waals surface area contributed by atoms with Crippen molar-refractivity contribution in [1.82, 2.24) is 9.36 Å². The summed E-state index contributed by atoms with van der Waals surface area (Å²) in [5.74, 6) is -0.843. The van der Waals surface area contributed by atoms with E-state index in [0.717, 1.165) is 0 Å². The highest BCUT2D eigenvalue weighted by molar-refractivity contribution is 7.09. The molecule has 0 radical (unpaired) electrons. The molecule has 0 aliphatic rings. The Kier molecular flexibility index (Phi) is 2.99. The number of nitrogens with zero attached hydrogens (tertiary/aromatic N) is 2. The van der Waals surface area contributed by atoms with E-state index < -0.39 is 16.9 Å². The van der Waals surface area contributed by atoms with Gasteiger partial charge in [-0.05, 0) is 27.7 Å². The summed E-state index contributed by atoms with van der Waals surface area (Å²) in [5.41, 5.74) is -1.49. The zero-order valence-corrected chi connectivity index (χ0v) is 10.1. The van der Waals surface area contributed by atoms with Gasteiger partial charge in [0, 0.05) is 17.1 Å². The first-order valence-corrected chi connectivity index (χ1v) is 5.33. The van der Waals surface area contributed by atoms with Crippen LogP contribution >= 0.6 is 11.5 Å². The van der Waals surface area contributed by atoms with E-state index in [4.69, 9.17) is 5.11 Å². The third-order valence-electron chi connectivity index (χ3n) is 2.88. The van der Waals surface area contributed by atoms with Crippen molar-refractivity contribution in [3.8, 4) is 0 Å². The molecule has 0 saturated heterocycles. The number of aromatic nitrogens is 2. The fourth-order valence-electron chi connectivity index (χ4n) is 0.919. The second-order valence-corrected chi connectivity index (χ2v) is 5.21. The van der Waals surface area contributed by atoms with Crippen LogP contribution in [0.1, 0.15) is 27.7 Å². The molecule has 1 aromatic rings. The molecule has 1 heterocycles. The van der Waals surface area contributed by atoms with Gasteiger partial charge in [-0.1, -0.05) is 0 Å². The van der Waals surface area contributed by atoms with Crippen molar-refractivity contribution in [1.29, 1.82) is 0 Å². The Labute approximate surface area is 92.7 Å². The number of aliphatic carboxylic acids is 1. The van der Waals surface area contributed by atoms with Crippen LogP contribution in [0.2, 0.25) is 0 Å². The molecule has 15 heavy (non-hydrogen) atoms. The highest BCUT2D eigenvalue weighted by atomic mass is 32.1. The monoisotopic (exact) mass is 229 g/mol. The number of carboxylic acids is 1. The van der Waals surface area contributed by atoms with Crippen molar-refractivity contribution in [3.05, 3.63) is 6.33 Å². The van der Waals surface area contributed by atoms with E-state index in [1.807, 2.05) is 13.8 Å².